The Morgan fingerprint density at radius 3 is 2.45 bits per heavy atom. The van der Waals surface area contributed by atoms with Gasteiger partial charge in [-0.15, -0.1) is 0 Å². The second-order valence-electron chi connectivity index (χ2n) is 13.6. The molecule has 0 bridgehead atoms. The van der Waals surface area contributed by atoms with E-state index in [2.05, 4.69) is 32.9 Å². The van der Waals surface area contributed by atoms with Gasteiger partial charge in [0, 0.05) is 12.5 Å². The molecule has 1 spiro atoms. The molecule has 0 aromatic heterocycles. The fourth-order valence-electron chi connectivity index (χ4n) is 11.3. The maximum Gasteiger partial charge on any atom is 0.0638 e. The van der Waals surface area contributed by atoms with Gasteiger partial charge >= 0.3 is 0 Å². The molecular weight excluding hydrogens is 376 g/mol. The van der Waals surface area contributed by atoms with Crippen molar-refractivity contribution in [3.05, 3.63) is 12.2 Å². The topological polar surface area (TPSA) is 9.23 Å². The SMILES string of the molecule is CO[C@@H]1C[C@H]2[C@@H]3CC[C@H]([C@H](C)/C=C/C4CCCCC4)[C@@]3(C)CC[C@@H]2[C@@]2(C)CC[C@@H]3C[C@]312. The second kappa shape index (κ2) is 7.35. The molecule has 174 valence electrons. The summed E-state index contributed by atoms with van der Waals surface area (Å²) in [5, 5.41) is 0. The van der Waals surface area contributed by atoms with Gasteiger partial charge in [0.15, 0.2) is 0 Å². The second-order valence-corrected chi connectivity index (χ2v) is 13.6. The average Bonchev–Trinajstić information content (AvgIpc) is 3.29. The molecule has 6 rings (SSSR count). The predicted octanol–water partition coefficient (Wildman–Crippen LogP) is 8.04. The smallest absolute Gasteiger partial charge is 0.0638 e. The van der Waals surface area contributed by atoms with Crippen LogP contribution in [0, 0.1) is 57.7 Å². The summed E-state index contributed by atoms with van der Waals surface area (Å²) in [6, 6.07) is 0. The summed E-state index contributed by atoms with van der Waals surface area (Å²) in [6.45, 7) is 8.00. The molecule has 6 aliphatic carbocycles. The largest absolute Gasteiger partial charge is 0.381 e. The summed E-state index contributed by atoms with van der Waals surface area (Å²) in [4.78, 5) is 0. The zero-order valence-electron chi connectivity index (χ0n) is 20.9. The van der Waals surface area contributed by atoms with Crippen molar-refractivity contribution in [2.45, 2.75) is 110 Å². The number of hydrogen-bond donors (Lipinski definition) is 0. The molecule has 0 radical (unpaired) electrons. The highest BCUT2D eigenvalue weighted by atomic mass is 16.5. The van der Waals surface area contributed by atoms with Crippen LogP contribution in [-0.4, -0.2) is 13.2 Å². The third-order valence-corrected chi connectivity index (χ3v) is 12.9. The standard InChI is InChI=1S/C30H48O/c1-20(10-11-21-8-6-5-7-9-21)24-12-13-25-23-18-27(31-4)30-19-22(30)14-17-29(30,3)26(23)15-16-28(24,25)2/h10-11,20-27H,5-9,12-19H2,1-4H3/b11-10+/t20-,22-,23+,24-,25+,26+,27-,28-,29-,30+/m1/s1. The first-order valence-corrected chi connectivity index (χ1v) is 14.1. The van der Waals surface area contributed by atoms with E-state index in [1.165, 1.54) is 83.5 Å². The van der Waals surface area contributed by atoms with E-state index in [1.54, 1.807) is 0 Å². The third kappa shape index (κ3) is 2.83. The molecule has 0 aromatic rings. The minimum absolute atomic E-state index is 0.552. The number of rotatable bonds is 4. The van der Waals surface area contributed by atoms with Crippen molar-refractivity contribution in [3.63, 3.8) is 0 Å². The minimum atomic E-state index is 0.552. The zero-order valence-corrected chi connectivity index (χ0v) is 20.9. The predicted molar refractivity (Wildman–Crippen MR) is 129 cm³/mol. The van der Waals surface area contributed by atoms with Crippen LogP contribution in [-0.2, 0) is 4.74 Å². The van der Waals surface area contributed by atoms with E-state index in [9.17, 15) is 0 Å². The highest BCUT2D eigenvalue weighted by molar-refractivity contribution is 5.26. The number of hydrogen-bond acceptors (Lipinski definition) is 1. The normalized spacial score (nSPS) is 54.8. The Balaban J connectivity index is 1.22. The molecule has 0 unspecified atom stereocenters. The molecule has 0 N–H and O–H groups in total. The molecule has 0 heterocycles. The molecular formula is C30H48O. The van der Waals surface area contributed by atoms with Crippen molar-refractivity contribution in [2.75, 3.05) is 7.11 Å². The first kappa shape index (κ1) is 21.2. The molecule has 6 fully saturated rings. The van der Waals surface area contributed by atoms with Crippen molar-refractivity contribution in [1.29, 1.82) is 0 Å². The monoisotopic (exact) mass is 424 g/mol. The quantitative estimate of drug-likeness (QED) is 0.415. The maximum atomic E-state index is 6.31. The van der Waals surface area contributed by atoms with E-state index >= 15 is 0 Å². The molecule has 0 aliphatic heterocycles. The summed E-state index contributed by atoms with van der Waals surface area (Å²) in [5.74, 6) is 6.40. The zero-order chi connectivity index (χ0) is 21.4. The summed E-state index contributed by atoms with van der Waals surface area (Å²) >= 11 is 0. The molecule has 0 saturated heterocycles. The van der Waals surface area contributed by atoms with Crippen molar-refractivity contribution in [3.8, 4) is 0 Å². The van der Waals surface area contributed by atoms with Gasteiger partial charge in [-0.1, -0.05) is 52.2 Å². The van der Waals surface area contributed by atoms with Crippen LogP contribution in [0.15, 0.2) is 12.2 Å². The summed E-state index contributed by atoms with van der Waals surface area (Å²) in [6.07, 6.45) is 25.0. The molecule has 31 heavy (non-hydrogen) atoms. The lowest BCUT2D eigenvalue weighted by Gasteiger charge is -2.61. The van der Waals surface area contributed by atoms with Crippen LogP contribution in [0.1, 0.15) is 104 Å². The Labute approximate surface area is 192 Å². The molecule has 0 aromatic carbocycles. The Morgan fingerprint density at radius 1 is 0.903 bits per heavy atom. The molecule has 1 nitrogen and oxygen atoms in total. The molecule has 1 heteroatoms. The van der Waals surface area contributed by atoms with Gasteiger partial charge < -0.3 is 4.74 Å². The van der Waals surface area contributed by atoms with Gasteiger partial charge in [-0.3, -0.25) is 0 Å². The van der Waals surface area contributed by atoms with E-state index in [0.717, 1.165) is 41.4 Å². The van der Waals surface area contributed by atoms with Gasteiger partial charge in [-0.05, 0) is 116 Å². The Bertz CT molecular complexity index is 720. The Kier molecular flexibility index (Phi) is 5.04. The first-order chi connectivity index (χ1) is 14.9. The van der Waals surface area contributed by atoms with Gasteiger partial charge in [-0.2, -0.15) is 0 Å². The lowest BCUT2D eigenvalue weighted by Crippen LogP contribution is -2.57. The van der Waals surface area contributed by atoms with Crippen LogP contribution in [0.25, 0.3) is 0 Å². The first-order valence-electron chi connectivity index (χ1n) is 14.1. The maximum absolute atomic E-state index is 6.31. The van der Waals surface area contributed by atoms with Crippen LogP contribution < -0.4 is 0 Å². The number of fused-ring (bicyclic) bond motifs is 4. The van der Waals surface area contributed by atoms with Crippen molar-refractivity contribution < 1.29 is 4.74 Å². The number of ether oxygens (including phenoxy) is 1. The summed E-state index contributed by atoms with van der Waals surface area (Å²) in [7, 11) is 2.03. The number of methoxy groups -OCH3 is 1. The Morgan fingerprint density at radius 2 is 1.71 bits per heavy atom. The van der Waals surface area contributed by atoms with Gasteiger partial charge in [0.1, 0.15) is 0 Å². The summed E-state index contributed by atoms with van der Waals surface area (Å²) in [5.41, 5.74) is 1.72. The van der Waals surface area contributed by atoms with E-state index < -0.39 is 0 Å². The van der Waals surface area contributed by atoms with Gasteiger partial charge in [0.2, 0.25) is 0 Å². The highest BCUT2D eigenvalue weighted by Gasteiger charge is 2.77. The molecule has 6 aliphatic rings. The number of allylic oxidation sites excluding steroid dienone is 2. The Hall–Kier alpha value is -0.300. The minimum Gasteiger partial charge on any atom is -0.381 e. The fraction of sp³-hybridized carbons (Fsp3) is 0.933. The van der Waals surface area contributed by atoms with Crippen molar-refractivity contribution in [1.82, 2.24) is 0 Å². The molecule has 10 atom stereocenters. The lowest BCUT2D eigenvalue weighted by molar-refractivity contribution is -0.160. The van der Waals surface area contributed by atoms with Crippen molar-refractivity contribution in [2.24, 2.45) is 57.7 Å². The van der Waals surface area contributed by atoms with E-state index in [-0.39, 0.29) is 0 Å². The van der Waals surface area contributed by atoms with E-state index in [0.29, 0.717) is 22.3 Å². The van der Waals surface area contributed by atoms with Gasteiger partial charge in [0.25, 0.3) is 0 Å². The van der Waals surface area contributed by atoms with Crippen LogP contribution >= 0.6 is 0 Å². The highest BCUT2D eigenvalue weighted by Crippen LogP contribution is 2.82. The van der Waals surface area contributed by atoms with Gasteiger partial charge in [0.05, 0.1) is 6.10 Å². The van der Waals surface area contributed by atoms with E-state index in [1.807, 2.05) is 7.11 Å². The van der Waals surface area contributed by atoms with E-state index in [4.69, 9.17) is 4.74 Å². The fourth-order valence-corrected chi connectivity index (χ4v) is 11.3. The van der Waals surface area contributed by atoms with Crippen LogP contribution in [0.5, 0.6) is 0 Å². The van der Waals surface area contributed by atoms with Crippen LogP contribution in [0.4, 0.5) is 0 Å². The van der Waals surface area contributed by atoms with Crippen LogP contribution in [0.2, 0.25) is 0 Å². The third-order valence-electron chi connectivity index (χ3n) is 12.9. The van der Waals surface area contributed by atoms with Crippen LogP contribution in [0.3, 0.4) is 0 Å². The summed E-state index contributed by atoms with van der Waals surface area (Å²) < 4.78 is 6.31. The van der Waals surface area contributed by atoms with Crippen molar-refractivity contribution >= 4 is 0 Å². The molecule has 6 saturated carbocycles. The molecule has 0 amide bonds. The van der Waals surface area contributed by atoms with Gasteiger partial charge in [-0.25, -0.2) is 0 Å². The lowest BCUT2D eigenvalue weighted by atomic mass is 9.45. The average molecular weight is 425 g/mol.